The summed E-state index contributed by atoms with van der Waals surface area (Å²) in [5, 5.41) is 38.2. The molecule has 2 N–H and O–H groups in total. The normalized spacial score (nSPS) is 12.3. The maximum Gasteiger partial charge on any atom is 2.00 e. The van der Waals surface area contributed by atoms with Gasteiger partial charge in [0.25, 0.3) is 0 Å². The Kier molecular flexibility index (Phi) is 32.4. The standard InChI is InChI=1S/2C12H24O3.Ca/c2*1-2-3-4-5-6-7-8-9-10-11(13)12(14)15;/h2*11,13H,2-10H2,1H3,(H,14,15);/q;;+2/p-2. The number of unbranched alkanes of at least 4 members (excludes halogenated alkanes) is 14. The maximum atomic E-state index is 10.2. The van der Waals surface area contributed by atoms with E-state index in [-0.39, 0.29) is 37.7 Å². The van der Waals surface area contributed by atoms with Crippen LogP contribution in [0.25, 0.3) is 0 Å². The molecular formula is C24H46CaO6. The number of rotatable bonds is 20. The van der Waals surface area contributed by atoms with Gasteiger partial charge in [-0.05, 0) is 12.8 Å². The number of hydrogen-bond donors (Lipinski definition) is 2. The van der Waals surface area contributed by atoms with Crippen LogP contribution >= 0.6 is 0 Å². The first-order valence-electron chi connectivity index (χ1n) is 12.1. The van der Waals surface area contributed by atoms with Gasteiger partial charge < -0.3 is 30.0 Å². The van der Waals surface area contributed by atoms with Crippen molar-refractivity contribution in [2.45, 2.75) is 142 Å². The van der Waals surface area contributed by atoms with E-state index in [0.29, 0.717) is 12.8 Å². The molecule has 0 aliphatic heterocycles. The van der Waals surface area contributed by atoms with E-state index in [0.717, 1.165) is 38.5 Å². The van der Waals surface area contributed by atoms with Crippen LogP contribution in [0.15, 0.2) is 0 Å². The second kappa shape index (κ2) is 28.2. The third-order valence-corrected chi connectivity index (χ3v) is 5.21. The summed E-state index contributed by atoms with van der Waals surface area (Å²) in [7, 11) is 0. The van der Waals surface area contributed by atoms with Crippen molar-refractivity contribution in [3.63, 3.8) is 0 Å². The van der Waals surface area contributed by atoms with Crippen molar-refractivity contribution in [3.8, 4) is 0 Å². The van der Waals surface area contributed by atoms with Crippen LogP contribution in [0, 0.1) is 0 Å². The molecule has 0 bridgehead atoms. The largest absolute Gasteiger partial charge is 2.00 e. The van der Waals surface area contributed by atoms with Gasteiger partial charge in [-0.3, -0.25) is 0 Å². The van der Waals surface area contributed by atoms with Gasteiger partial charge in [0.2, 0.25) is 0 Å². The molecule has 2 unspecified atom stereocenters. The predicted molar refractivity (Wildman–Crippen MR) is 122 cm³/mol. The van der Waals surface area contributed by atoms with Crippen molar-refractivity contribution < 1.29 is 30.0 Å². The summed E-state index contributed by atoms with van der Waals surface area (Å²) in [6.07, 6.45) is 16.7. The van der Waals surface area contributed by atoms with Crippen molar-refractivity contribution in [2.24, 2.45) is 0 Å². The van der Waals surface area contributed by atoms with E-state index in [4.69, 9.17) is 10.2 Å². The van der Waals surface area contributed by atoms with Crippen LogP contribution in [-0.4, -0.2) is 72.1 Å². The number of aliphatic hydroxyl groups is 2. The van der Waals surface area contributed by atoms with E-state index in [2.05, 4.69) is 13.8 Å². The summed E-state index contributed by atoms with van der Waals surface area (Å²) in [5.74, 6) is -2.70. The van der Waals surface area contributed by atoms with E-state index in [1.54, 1.807) is 0 Å². The van der Waals surface area contributed by atoms with Crippen molar-refractivity contribution >= 4 is 49.7 Å². The number of aliphatic carboxylic acids is 2. The van der Waals surface area contributed by atoms with Gasteiger partial charge in [0, 0.05) is 0 Å². The molecule has 180 valence electrons. The summed E-state index contributed by atoms with van der Waals surface area (Å²) in [5.41, 5.74) is 0. The van der Waals surface area contributed by atoms with Gasteiger partial charge in [0.05, 0.1) is 24.1 Å². The molecule has 0 radical (unpaired) electrons. The fraction of sp³-hybridized carbons (Fsp3) is 0.917. The molecule has 0 fully saturated rings. The monoisotopic (exact) mass is 470 g/mol. The predicted octanol–water partition coefficient (Wildman–Crippen LogP) is 2.88. The minimum Gasteiger partial charge on any atom is -0.547 e. The smallest absolute Gasteiger partial charge is 0.547 e. The third kappa shape index (κ3) is 30.1. The van der Waals surface area contributed by atoms with E-state index >= 15 is 0 Å². The van der Waals surface area contributed by atoms with Crippen LogP contribution < -0.4 is 10.2 Å². The SMILES string of the molecule is CCCCCCCCCCC(O)C(=O)[O-].CCCCCCCCCCC(O)C(=O)[O-].[Ca+2]. The Bertz CT molecular complexity index is 356. The van der Waals surface area contributed by atoms with Crippen LogP contribution in [0.3, 0.4) is 0 Å². The Morgan fingerprint density at radius 2 is 0.774 bits per heavy atom. The molecule has 0 aliphatic rings. The van der Waals surface area contributed by atoms with Crippen molar-refractivity contribution in [1.29, 1.82) is 0 Å². The van der Waals surface area contributed by atoms with Gasteiger partial charge in [-0.15, -0.1) is 0 Å². The summed E-state index contributed by atoms with van der Waals surface area (Å²) in [4.78, 5) is 20.4. The van der Waals surface area contributed by atoms with Crippen LogP contribution in [-0.2, 0) is 9.59 Å². The number of aliphatic hydroxyl groups excluding tert-OH is 2. The van der Waals surface area contributed by atoms with Gasteiger partial charge in [-0.1, -0.05) is 117 Å². The molecule has 0 aromatic rings. The molecule has 2 atom stereocenters. The summed E-state index contributed by atoms with van der Waals surface area (Å²) in [6.45, 7) is 4.39. The van der Waals surface area contributed by atoms with Crippen molar-refractivity contribution in [1.82, 2.24) is 0 Å². The summed E-state index contributed by atoms with van der Waals surface area (Å²) in [6, 6.07) is 0. The van der Waals surface area contributed by atoms with Crippen LogP contribution in [0.1, 0.15) is 129 Å². The average molecular weight is 471 g/mol. The maximum absolute atomic E-state index is 10.2. The molecule has 0 amide bonds. The van der Waals surface area contributed by atoms with Crippen LogP contribution in [0.5, 0.6) is 0 Å². The first-order chi connectivity index (χ1) is 14.4. The zero-order valence-electron chi connectivity index (χ0n) is 20.1. The van der Waals surface area contributed by atoms with Gasteiger partial charge >= 0.3 is 37.7 Å². The second-order valence-electron chi connectivity index (χ2n) is 8.20. The molecular weight excluding hydrogens is 424 g/mol. The Labute approximate surface area is 220 Å². The summed E-state index contributed by atoms with van der Waals surface area (Å²) >= 11 is 0. The first-order valence-corrected chi connectivity index (χ1v) is 12.1. The van der Waals surface area contributed by atoms with E-state index < -0.39 is 24.1 Å². The number of carboxylic acids is 2. The number of hydrogen-bond acceptors (Lipinski definition) is 6. The molecule has 6 nitrogen and oxygen atoms in total. The molecule has 0 aliphatic carbocycles. The van der Waals surface area contributed by atoms with Crippen molar-refractivity contribution in [3.05, 3.63) is 0 Å². The van der Waals surface area contributed by atoms with E-state index in [1.807, 2.05) is 0 Å². The minimum absolute atomic E-state index is 0. The molecule has 0 aromatic heterocycles. The van der Waals surface area contributed by atoms with Crippen LogP contribution in [0.2, 0.25) is 0 Å². The fourth-order valence-corrected chi connectivity index (χ4v) is 3.18. The molecule has 0 heterocycles. The van der Waals surface area contributed by atoms with Gasteiger partial charge in [0.1, 0.15) is 0 Å². The fourth-order valence-electron chi connectivity index (χ4n) is 3.18. The second-order valence-corrected chi connectivity index (χ2v) is 8.20. The molecule has 7 heteroatoms. The molecule has 0 rings (SSSR count). The zero-order valence-corrected chi connectivity index (χ0v) is 22.3. The Morgan fingerprint density at radius 1 is 0.548 bits per heavy atom. The Hall–Kier alpha value is 0.120. The minimum atomic E-state index is -1.35. The topological polar surface area (TPSA) is 121 Å². The van der Waals surface area contributed by atoms with Gasteiger partial charge in [0.15, 0.2) is 0 Å². The average Bonchev–Trinajstić information content (AvgIpc) is 2.71. The van der Waals surface area contributed by atoms with E-state index in [9.17, 15) is 19.8 Å². The Morgan fingerprint density at radius 3 is 1.00 bits per heavy atom. The van der Waals surface area contributed by atoms with E-state index in [1.165, 1.54) is 64.2 Å². The molecule has 0 aromatic carbocycles. The number of carboxylic acid groups (broad SMARTS) is 2. The number of carbonyl (C=O) groups is 2. The van der Waals surface area contributed by atoms with Gasteiger partial charge in [-0.2, -0.15) is 0 Å². The molecule has 31 heavy (non-hydrogen) atoms. The third-order valence-electron chi connectivity index (χ3n) is 5.21. The van der Waals surface area contributed by atoms with Crippen LogP contribution in [0.4, 0.5) is 0 Å². The number of carbonyl (C=O) groups excluding carboxylic acids is 2. The van der Waals surface area contributed by atoms with Crippen molar-refractivity contribution in [2.75, 3.05) is 0 Å². The van der Waals surface area contributed by atoms with Gasteiger partial charge in [-0.25, -0.2) is 0 Å². The molecule has 0 saturated heterocycles. The summed E-state index contributed by atoms with van der Waals surface area (Å²) < 4.78 is 0. The molecule has 0 spiro atoms. The first kappa shape index (κ1) is 35.7. The molecule has 0 saturated carbocycles. The Balaban J connectivity index is -0.000000490. The zero-order chi connectivity index (χ0) is 23.0. The quantitative estimate of drug-likeness (QED) is 0.208.